The van der Waals surface area contributed by atoms with Crippen molar-refractivity contribution in [3.63, 3.8) is 0 Å². The molecule has 0 aliphatic carbocycles. The molecule has 1 amide bonds. The van der Waals surface area contributed by atoms with E-state index in [1.807, 2.05) is 4.90 Å². The van der Waals surface area contributed by atoms with Crippen molar-refractivity contribution in [3.8, 4) is 0 Å². The fraction of sp³-hybridized carbons (Fsp3) is 0.381. The lowest BCUT2D eigenvalue weighted by atomic mass is 10.00. The SMILES string of the molecule is N[C@@H](CC(=O)N1CCNC[C@H]1Cc1ccc(F)cc1)Cc1ccc(F)c(F)c1. The summed E-state index contributed by atoms with van der Waals surface area (Å²) in [6.45, 7) is 1.92. The summed E-state index contributed by atoms with van der Waals surface area (Å²) in [6, 6.07) is 9.40. The molecular formula is C21H24F3N3O. The average Bonchev–Trinajstić information content (AvgIpc) is 2.67. The zero-order valence-corrected chi connectivity index (χ0v) is 15.5. The maximum Gasteiger partial charge on any atom is 0.224 e. The van der Waals surface area contributed by atoms with Gasteiger partial charge in [0, 0.05) is 38.1 Å². The molecule has 0 saturated carbocycles. The van der Waals surface area contributed by atoms with Crippen LogP contribution in [0.1, 0.15) is 17.5 Å². The van der Waals surface area contributed by atoms with Crippen LogP contribution < -0.4 is 11.1 Å². The van der Waals surface area contributed by atoms with Crippen molar-refractivity contribution in [3.05, 3.63) is 71.0 Å². The third-order valence-electron chi connectivity index (χ3n) is 4.97. The van der Waals surface area contributed by atoms with Gasteiger partial charge in [0.15, 0.2) is 11.6 Å². The van der Waals surface area contributed by atoms with Crippen LogP contribution in [0.4, 0.5) is 13.2 Å². The molecule has 2 aromatic carbocycles. The van der Waals surface area contributed by atoms with Gasteiger partial charge in [-0.05, 0) is 48.2 Å². The Labute approximate surface area is 162 Å². The number of carbonyl (C=O) groups is 1. The Hall–Kier alpha value is -2.38. The van der Waals surface area contributed by atoms with E-state index in [-0.39, 0.29) is 30.6 Å². The molecule has 7 heteroatoms. The molecule has 150 valence electrons. The Bertz CT molecular complexity index is 813. The van der Waals surface area contributed by atoms with Gasteiger partial charge in [0.2, 0.25) is 5.91 Å². The molecule has 3 N–H and O–H groups in total. The van der Waals surface area contributed by atoms with Crippen molar-refractivity contribution in [1.29, 1.82) is 0 Å². The molecule has 0 radical (unpaired) electrons. The number of hydrogen-bond donors (Lipinski definition) is 2. The zero-order valence-electron chi connectivity index (χ0n) is 15.5. The van der Waals surface area contributed by atoms with E-state index in [0.29, 0.717) is 31.6 Å². The van der Waals surface area contributed by atoms with Gasteiger partial charge in [0.05, 0.1) is 0 Å². The highest BCUT2D eigenvalue weighted by molar-refractivity contribution is 5.77. The van der Waals surface area contributed by atoms with Gasteiger partial charge in [-0.3, -0.25) is 4.79 Å². The number of carbonyl (C=O) groups excluding carboxylic acids is 1. The van der Waals surface area contributed by atoms with E-state index in [0.717, 1.165) is 17.7 Å². The van der Waals surface area contributed by atoms with Crippen molar-refractivity contribution in [1.82, 2.24) is 10.2 Å². The largest absolute Gasteiger partial charge is 0.337 e. The van der Waals surface area contributed by atoms with Crippen LogP contribution >= 0.6 is 0 Å². The molecule has 0 unspecified atom stereocenters. The first-order valence-corrected chi connectivity index (χ1v) is 9.36. The quantitative estimate of drug-likeness (QED) is 0.795. The van der Waals surface area contributed by atoms with Crippen LogP contribution in [0.15, 0.2) is 42.5 Å². The first kappa shape index (κ1) is 20.4. The van der Waals surface area contributed by atoms with Crippen LogP contribution in [0, 0.1) is 17.5 Å². The molecule has 1 aliphatic rings. The molecule has 0 bridgehead atoms. The minimum atomic E-state index is -0.919. The van der Waals surface area contributed by atoms with E-state index >= 15 is 0 Å². The Balaban J connectivity index is 1.60. The van der Waals surface area contributed by atoms with Crippen molar-refractivity contribution >= 4 is 5.91 Å². The molecular weight excluding hydrogens is 367 g/mol. The normalized spacial score (nSPS) is 18.1. The zero-order chi connectivity index (χ0) is 20.1. The molecule has 2 aromatic rings. The summed E-state index contributed by atoms with van der Waals surface area (Å²) in [5.74, 6) is -2.18. The van der Waals surface area contributed by atoms with Crippen LogP contribution in [-0.4, -0.2) is 42.5 Å². The Morgan fingerprint density at radius 1 is 1.11 bits per heavy atom. The Kier molecular flexibility index (Phi) is 6.70. The Morgan fingerprint density at radius 3 is 2.54 bits per heavy atom. The second-order valence-electron chi connectivity index (χ2n) is 7.19. The maximum atomic E-state index is 13.3. The summed E-state index contributed by atoms with van der Waals surface area (Å²) >= 11 is 0. The highest BCUT2D eigenvalue weighted by Gasteiger charge is 2.27. The lowest BCUT2D eigenvalue weighted by Gasteiger charge is -2.37. The van der Waals surface area contributed by atoms with Crippen molar-refractivity contribution < 1.29 is 18.0 Å². The molecule has 28 heavy (non-hydrogen) atoms. The molecule has 1 heterocycles. The Morgan fingerprint density at radius 2 is 1.82 bits per heavy atom. The number of nitrogens with zero attached hydrogens (tertiary/aromatic N) is 1. The molecule has 0 spiro atoms. The van der Waals surface area contributed by atoms with E-state index in [9.17, 15) is 18.0 Å². The molecule has 2 atom stereocenters. The van der Waals surface area contributed by atoms with Gasteiger partial charge in [0.25, 0.3) is 0 Å². The topological polar surface area (TPSA) is 58.4 Å². The fourth-order valence-corrected chi connectivity index (χ4v) is 3.55. The van der Waals surface area contributed by atoms with Crippen LogP contribution in [-0.2, 0) is 17.6 Å². The molecule has 3 rings (SSSR count). The lowest BCUT2D eigenvalue weighted by molar-refractivity contribution is -0.134. The van der Waals surface area contributed by atoms with Gasteiger partial charge >= 0.3 is 0 Å². The summed E-state index contributed by atoms with van der Waals surface area (Å²) in [4.78, 5) is 14.6. The van der Waals surface area contributed by atoms with Crippen LogP contribution in [0.3, 0.4) is 0 Å². The summed E-state index contributed by atoms with van der Waals surface area (Å²) in [5, 5.41) is 3.28. The van der Waals surface area contributed by atoms with Gasteiger partial charge in [-0.2, -0.15) is 0 Å². The minimum absolute atomic E-state index is 0.0397. The average molecular weight is 391 g/mol. The predicted molar refractivity (Wildman–Crippen MR) is 101 cm³/mol. The van der Waals surface area contributed by atoms with E-state index in [2.05, 4.69) is 5.32 Å². The number of piperazine rings is 1. The van der Waals surface area contributed by atoms with E-state index in [1.165, 1.54) is 18.2 Å². The number of nitrogens with one attached hydrogen (secondary N) is 1. The number of amides is 1. The van der Waals surface area contributed by atoms with Gasteiger partial charge in [-0.25, -0.2) is 13.2 Å². The number of benzene rings is 2. The first-order valence-electron chi connectivity index (χ1n) is 9.36. The smallest absolute Gasteiger partial charge is 0.224 e. The lowest BCUT2D eigenvalue weighted by Crippen LogP contribution is -2.55. The predicted octanol–water partition coefficient (Wildman–Crippen LogP) is 2.41. The van der Waals surface area contributed by atoms with E-state index in [4.69, 9.17) is 5.73 Å². The molecule has 0 aromatic heterocycles. The summed E-state index contributed by atoms with van der Waals surface area (Å²) in [6.07, 6.45) is 1.04. The second-order valence-corrected chi connectivity index (χ2v) is 7.19. The minimum Gasteiger partial charge on any atom is -0.337 e. The third-order valence-corrected chi connectivity index (χ3v) is 4.97. The standard InChI is InChI=1S/C21H24F3N3O/c22-16-4-1-14(2-5-16)10-18-13-26-7-8-27(18)21(28)12-17(25)9-15-3-6-19(23)20(24)11-15/h1-6,11,17-18,26H,7-10,12-13,25H2/t17-,18-/m1/s1. The van der Waals surface area contributed by atoms with Gasteiger partial charge in [-0.1, -0.05) is 18.2 Å². The fourth-order valence-electron chi connectivity index (χ4n) is 3.55. The number of rotatable bonds is 6. The van der Waals surface area contributed by atoms with E-state index in [1.54, 1.807) is 12.1 Å². The molecule has 4 nitrogen and oxygen atoms in total. The van der Waals surface area contributed by atoms with E-state index < -0.39 is 17.7 Å². The van der Waals surface area contributed by atoms with Gasteiger partial charge in [0.1, 0.15) is 5.82 Å². The van der Waals surface area contributed by atoms with Gasteiger partial charge < -0.3 is 16.0 Å². The van der Waals surface area contributed by atoms with Crippen LogP contribution in [0.5, 0.6) is 0 Å². The summed E-state index contributed by atoms with van der Waals surface area (Å²) in [5.41, 5.74) is 7.61. The second kappa shape index (κ2) is 9.21. The highest BCUT2D eigenvalue weighted by Crippen LogP contribution is 2.16. The summed E-state index contributed by atoms with van der Waals surface area (Å²) < 4.78 is 39.5. The number of nitrogens with two attached hydrogens (primary N) is 1. The highest BCUT2D eigenvalue weighted by atomic mass is 19.2. The first-order chi connectivity index (χ1) is 13.4. The third kappa shape index (κ3) is 5.33. The number of halogens is 3. The van der Waals surface area contributed by atoms with Crippen molar-refractivity contribution in [2.24, 2.45) is 5.73 Å². The van der Waals surface area contributed by atoms with Crippen molar-refractivity contribution in [2.45, 2.75) is 31.3 Å². The summed E-state index contributed by atoms with van der Waals surface area (Å²) in [7, 11) is 0. The van der Waals surface area contributed by atoms with Crippen LogP contribution in [0.25, 0.3) is 0 Å². The molecule has 1 aliphatic heterocycles. The maximum absolute atomic E-state index is 13.3. The van der Waals surface area contributed by atoms with Crippen LogP contribution in [0.2, 0.25) is 0 Å². The van der Waals surface area contributed by atoms with Crippen molar-refractivity contribution in [2.75, 3.05) is 19.6 Å². The monoisotopic (exact) mass is 391 g/mol. The molecule has 1 saturated heterocycles. The van der Waals surface area contributed by atoms with Gasteiger partial charge in [-0.15, -0.1) is 0 Å². The molecule has 1 fully saturated rings. The number of hydrogen-bond acceptors (Lipinski definition) is 3.